The number of ether oxygens (including phenoxy) is 1. The van der Waals surface area contributed by atoms with Crippen LogP contribution in [0.4, 0.5) is 0 Å². The molecule has 1 amide bonds. The predicted molar refractivity (Wildman–Crippen MR) is 101 cm³/mol. The van der Waals surface area contributed by atoms with E-state index in [-0.39, 0.29) is 11.7 Å². The molecule has 0 bridgehead atoms. The van der Waals surface area contributed by atoms with Crippen LogP contribution in [0.25, 0.3) is 0 Å². The van der Waals surface area contributed by atoms with Crippen molar-refractivity contribution in [3.63, 3.8) is 0 Å². The molecule has 1 N–H and O–H groups in total. The Kier molecular flexibility index (Phi) is 5.78. The Morgan fingerprint density at radius 1 is 1.15 bits per heavy atom. The number of phenolic OH excluding ortho intramolecular Hbond substituents is 1. The van der Waals surface area contributed by atoms with Gasteiger partial charge >= 0.3 is 0 Å². The summed E-state index contributed by atoms with van der Waals surface area (Å²) in [5.74, 6) is 1.36. The van der Waals surface area contributed by atoms with Crippen molar-refractivity contribution in [2.45, 2.75) is 25.9 Å². The van der Waals surface area contributed by atoms with Gasteiger partial charge in [-0.3, -0.25) is 9.69 Å². The third kappa shape index (κ3) is 4.76. The average Bonchev–Trinajstić information content (AvgIpc) is 2.82. The van der Waals surface area contributed by atoms with E-state index >= 15 is 0 Å². The molecule has 1 heterocycles. The van der Waals surface area contributed by atoms with Gasteiger partial charge in [0.15, 0.2) is 0 Å². The quantitative estimate of drug-likeness (QED) is 0.897. The highest BCUT2D eigenvalue weighted by Crippen LogP contribution is 2.26. The number of hydrogen-bond acceptors (Lipinski definition) is 4. The fraction of sp³-hybridized carbons (Fsp3) is 0.381. The van der Waals surface area contributed by atoms with Crippen molar-refractivity contribution in [2.24, 2.45) is 0 Å². The van der Waals surface area contributed by atoms with Crippen molar-refractivity contribution in [2.75, 3.05) is 27.2 Å². The smallest absolute Gasteiger partial charge is 0.222 e. The lowest BCUT2D eigenvalue weighted by atomic mass is 10.0. The zero-order valence-corrected chi connectivity index (χ0v) is 15.4. The second-order valence-corrected chi connectivity index (χ2v) is 6.96. The molecular formula is C21H26N2O3. The number of benzene rings is 2. The van der Waals surface area contributed by atoms with Gasteiger partial charge in [-0.25, -0.2) is 0 Å². The van der Waals surface area contributed by atoms with Crippen LogP contribution in [0.1, 0.15) is 23.1 Å². The van der Waals surface area contributed by atoms with Gasteiger partial charge < -0.3 is 14.7 Å². The maximum atomic E-state index is 11.8. The van der Waals surface area contributed by atoms with Crippen LogP contribution in [0, 0.1) is 0 Å². The Morgan fingerprint density at radius 2 is 1.88 bits per heavy atom. The molecule has 1 aliphatic rings. The maximum absolute atomic E-state index is 11.8. The Labute approximate surface area is 154 Å². The average molecular weight is 354 g/mol. The minimum atomic E-state index is 0.144. The standard InChI is InChI=1S/C21H26N2O3/c1-22(2)21(25)10-6-16-5-9-20-18(13-16)15-23(11-12-26-20)14-17-3-7-19(24)8-4-17/h3-5,7-9,13,24H,6,10-12,14-15H2,1-2H3. The van der Waals surface area contributed by atoms with E-state index in [1.165, 1.54) is 5.56 Å². The van der Waals surface area contributed by atoms with Crippen LogP contribution in [0.15, 0.2) is 42.5 Å². The molecule has 0 aromatic heterocycles. The monoisotopic (exact) mass is 354 g/mol. The van der Waals surface area contributed by atoms with Gasteiger partial charge in [0.1, 0.15) is 18.1 Å². The van der Waals surface area contributed by atoms with Crippen molar-refractivity contribution in [1.82, 2.24) is 9.80 Å². The zero-order valence-electron chi connectivity index (χ0n) is 15.4. The summed E-state index contributed by atoms with van der Waals surface area (Å²) in [6.45, 7) is 3.13. The van der Waals surface area contributed by atoms with E-state index in [9.17, 15) is 9.90 Å². The van der Waals surface area contributed by atoms with Crippen LogP contribution in [0.5, 0.6) is 11.5 Å². The number of aromatic hydroxyl groups is 1. The van der Waals surface area contributed by atoms with E-state index in [4.69, 9.17) is 4.74 Å². The van der Waals surface area contributed by atoms with E-state index in [0.29, 0.717) is 13.0 Å². The van der Waals surface area contributed by atoms with Gasteiger partial charge in [-0.2, -0.15) is 0 Å². The molecule has 2 aromatic rings. The Balaban J connectivity index is 1.68. The molecule has 0 saturated carbocycles. The molecule has 2 aromatic carbocycles. The molecule has 0 atom stereocenters. The van der Waals surface area contributed by atoms with Crippen LogP contribution in [-0.4, -0.2) is 48.1 Å². The lowest BCUT2D eigenvalue weighted by Crippen LogP contribution is -2.25. The fourth-order valence-electron chi connectivity index (χ4n) is 3.13. The van der Waals surface area contributed by atoms with Gasteiger partial charge in [-0.1, -0.05) is 24.3 Å². The Hall–Kier alpha value is -2.53. The van der Waals surface area contributed by atoms with Crippen LogP contribution in [0.3, 0.4) is 0 Å². The zero-order chi connectivity index (χ0) is 18.5. The minimum Gasteiger partial charge on any atom is -0.508 e. The fourth-order valence-corrected chi connectivity index (χ4v) is 3.13. The molecule has 0 saturated heterocycles. The number of hydrogen-bond donors (Lipinski definition) is 1. The third-order valence-electron chi connectivity index (χ3n) is 4.65. The molecule has 5 nitrogen and oxygen atoms in total. The van der Waals surface area contributed by atoms with Crippen LogP contribution in [0.2, 0.25) is 0 Å². The first-order valence-corrected chi connectivity index (χ1v) is 8.96. The van der Waals surface area contributed by atoms with Gasteiger partial charge in [0.05, 0.1) is 0 Å². The summed E-state index contributed by atoms with van der Waals surface area (Å²) in [5.41, 5.74) is 3.49. The summed E-state index contributed by atoms with van der Waals surface area (Å²) in [7, 11) is 3.57. The van der Waals surface area contributed by atoms with E-state index in [0.717, 1.165) is 42.9 Å². The van der Waals surface area contributed by atoms with Crippen LogP contribution >= 0.6 is 0 Å². The molecule has 3 rings (SSSR count). The first-order chi connectivity index (χ1) is 12.5. The number of fused-ring (bicyclic) bond motifs is 1. The molecule has 0 fully saturated rings. The SMILES string of the molecule is CN(C)C(=O)CCc1ccc2c(c1)CN(Cc1ccc(O)cc1)CCO2. The van der Waals surface area contributed by atoms with Crippen molar-refractivity contribution < 1.29 is 14.6 Å². The Morgan fingerprint density at radius 3 is 2.62 bits per heavy atom. The van der Waals surface area contributed by atoms with Crippen molar-refractivity contribution >= 4 is 5.91 Å². The van der Waals surface area contributed by atoms with Crippen LogP contribution in [-0.2, 0) is 24.3 Å². The normalized spacial score (nSPS) is 14.2. The molecule has 138 valence electrons. The number of rotatable bonds is 5. The van der Waals surface area contributed by atoms with Crippen molar-refractivity contribution in [3.05, 3.63) is 59.2 Å². The number of carbonyl (C=O) groups excluding carboxylic acids is 1. The second-order valence-electron chi connectivity index (χ2n) is 6.96. The van der Waals surface area contributed by atoms with Gasteiger partial charge in [0.25, 0.3) is 0 Å². The number of aryl methyl sites for hydroxylation is 1. The van der Waals surface area contributed by atoms with Gasteiger partial charge in [0, 0.05) is 45.7 Å². The van der Waals surface area contributed by atoms with Gasteiger partial charge in [0.2, 0.25) is 5.91 Å². The predicted octanol–water partition coefficient (Wildman–Crippen LogP) is 2.81. The highest BCUT2D eigenvalue weighted by atomic mass is 16.5. The topological polar surface area (TPSA) is 53.0 Å². The summed E-state index contributed by atoms with van der Waals surface area (Å²) in [6.07, 6.45) is 1.26. The summed E-state index contributed by atoms with van der Waals surface area (Å²) >= 11 is 0. The number of nitrogens with zero attached hydrogens (tertiary/aromatic N) is 2. The largest absolute Gasteiger partial charge is 0.508 e. The second kappa shape index (κ2) is 8.23. The highest BCUT2D eigenvalue weighted by Gasteiger charge is 2.16. The third-order valence-corrected chi connectivity index (χ3v) is 4.65. The maximum Gasteiger partial charge on any atom is 0.222 e. The first kappa shape index (κ1) is 18.3. The molecule has 26 heavy (non-hydrogen) atoms. The molecular weight excluding hydrogens is 328 g/mol. The summed E-state index contributed by atoms with van der Waals surface area (Å²) in [5, 5.41) is 9.43. The number of amides is 1. The lowest BCUT2D eigenvalue weighted by molar-refractivity contribution is -0.128. The van der Waals surface area contributed by atoms with Gasteiger partial charge in [-0.15, -0.1) is 0 Å². The molecule has 0 aliphatic carbocycles. The molecule has 0 spiro atoms. The molecule has 1 aliphatic heterocycles. The molecule has 0 unspecified atom stereocenters. The number of carbonyl (C=O) groups is 1. The summed E-state index contributed by atoms with van der Waals surface area (Å²) in [6, 6.07) is 13.6. The Bertz CT molecular complexity index is 756. The van der Waals surface area contributed by atoms with E-state index in [1.54, 1.807) is 31.1 Å². The highest BCUT2D eigenvalue weighted by molar-refractivity contribution is 5.75. The van der Waals surface area contributed by atoms with Crippen LogP contribution < -0.4 is 4.74 Å². The summed E-state index contributed by atoms with van der Waals surface area (Å²) in [4.78, 5) is 15.8. The van der Waals surface area contributed by atoms with E-state index < -0.39 is 0 Å². The van der Waals surface area contributed by atoms with Crippen molar-refractivity contribution in [3.8, 4) is 11.5 Å². The summed E-state index contributed by atoms with van der Waals surface area (Å²) < 4.78 is 5.90. The lowest BCUT2D eigenvalue weighted by Gasteiger charge is -2.19. The van der Waals surface area contributed by atoms with Gasteiger partial charge in [-0.05, 0) is 35.7 Å². The number of phenols is 1. The first-order valence-electron chi connectivity index (χ1n) is 8.96. The molecule has 5 heteroatoms. The minimum absolute atomic E-state index is 0.144. The van der Waals surface area contributed by atoms with E-state index in [2.05, 4.69) is 17.0 Å². The van der Waals surface area contributed by atoms with Crippen molar-refractivity contribution in [1.29, 1.82) is 0 Å². The van der Waals surface area contributed by atoms with E-state index in [1.807, 2.05) is 18.2 Å². The molecule has 0 radical (unpaired) electrons.